The Kier molecular flexibility index (Phi) is 4.74. The molecule has 1 aromatic rings. The van der Waals surface area contributed by atoms with E-state index >= 15 is 0 Å². The third kappa shape index (κ3) is 4.76. The van der Waals surface area contributed by atoms with Crippen molar-refractivity contribution in [2.45, 2.75) is 38.0 Å². The predicted molar refractivity (Wildman–Crippen MR) is 67.5 cm³/mol. The molecule has 0 fully saturated rings. The van der Waals surface area contributed by atoms with Crippen molar-refractivity contribution in [2.24, 2.45) is 0 Å². The summed E-state index contributed by atoms with van der Waals surface area (Å²) in [4.78, 5) is 0. The van der Waals surface area contributed by atoms with E-state index in [0.29, 0.717) is 10.8 Å². The van der Waals surface area contributed by atoms with Crippen LogP contribution in [0.5, 0.6) is 0 Å². The van der Waals surface area contributed by atoms with E-state index < -0.39 is 0 Å². The summed E-state index contributed by atoms with van der Waals surface area (Å²) in [6.07, 6.45) is 4.84. The lowest BCUT2D eigenvalue weighted by Gasteiger charge is -2.24. The van der Waals surface area contributed by atoms with Crippen LogP contribution in [0.4, 0.5) is 0 Å². The summed E-state index contributed by atoms with van der Waals surface area (Å²) >= 11 is 1.89. The fourth-order valence-electron chi connectivity index (χ4n) is 1.29. The normalized spacial score (nSPS) is 14.1. The molecule has 86 valence electrons. The van der Waals surface area contributed by atoms with Crippen LogP contribution in [0.2, 0.25) is 0 Å². The van der Waals surface area contributed by atoms with Crippen LogP contribution < -0.4 is 5.32 Å². The van der Waals surface area contributed by atoms with Gasteiger partial charge in [-0.2, -0.15) is 11.8 Å². The van der Waals surface area contributed by atoms with Gasteiger partial charge in [-0.3, -0.25) is 0 Å². The van der Waals surface area contributed by atoms with E-state index in [4.69, 9.17) is 4.42 Å². The van der Waals surface area contributed by atoms with Crippen LogP contribution in [0.1, 0.15) is 26.5 Å². The first-order valence-electron chi connectivity index (χ1n) is 5.34. The smallest absolute Gasteiger partial charge is 0.105 e. The van der Waals surface area contributed by atoms with Crippen molar-refractivity contribution in [3.63, 3.8) is 0 Å². The maximum absolute atomic E-state index is 5.32. The van der Waals surface area contributed by atoms with Crippen LogP contribution in [0.15, 0.2) is 22.8 Å². The van der Waals surface area contributed by atoms with Gasteiger partial charge in [0, 0.05) is 23.8 Å². The van der Waals surface area contributed by atoms with Crippen molar-refractivity contribution in [3.05, 3.63) is 24.2 Å². The first-order valence-corrected chi connectivity index (χ1v) is 6.57. The number of thioether (sulfide) groups is 1. The van der Waals surface area contributed by atoms with E-state index in [2.05, 4.69) is 32.3 Å². The van der Waals surface area contributed by atoms with E-state index in [0.717, 1.165) is 18.7 Å². The van der Waals surface area contributed by atoms with Crippen LogP contribution in [-0.4, -0.2) is 23.6 Å². The third-order valence-corrected chi connectivity index (χ3v) is 3.77. The van der Waals surface area contributed by atoms with E-state index in [1.807, 2.05) is 23.9 Å². The first-order chi connectivity index (χ1) is 7.03. The molecule has 0 saturated heterocycles. The molecule has 15 heavy (non-hydrogen) atoms. The van der Waals surface area contributed by atoms with Gasteiger partial charge in [0.15, 0.2) is 0 Å². The van der Waals surface area contributed by atoms with Gasteiger partial charge in [-0.15, -0.1) is 0 Å². The van der Waals surface area contributed by atoms with Gasteiger partial charge in [-0.1, -0.05) is 0 Å². The monoisotopic (exact) mass is 227 g/mol. The molecule has 0 saturated carbocycles. The van der Waals surface area contributed by atoms with Crippen molar-refractivity contribution < 1.29 is 4.42 Å². The maximum atomic E-state index is 5.32. The van der Waals surface area contributed by atoms with Gasteiger partial charge in [0.25, 0.3) is 0 Å². The van der Waals surface area contributed by atoms with Crippen LogP contribution in [0.3, 0.4) is 0 Å². The molecule has 0 aliphatic heterocycles. The van der Waals surface area contributed by atoms with E-state index in [9.17, 15) is 0 Å². The number of nitrogens with one attached hydrogen (secondary N) is 1. The van der Waals surface area contributed by atoms with Gasteiger partial charge in [-0.05, 0) is 39.2 Å². The molecular weight excluding hydrogens is 206 g/mol. The lowest BCUT2D eigenvalue weighted by molar-refractivity contribution is 0.445. The maximum Gasteiger partial charge on any atom is 0.105 e. The average Bonchev–Trinajstić information content (AvgIpc) is 2.68. The highest BCUT2D eigenvalue weighted by atomic mass is 32.2. The van der Waals surface area contributed by atoms with Gasteiger partial charge in [0.2, 0.25) is 0 Å². The SMILES string of the molecule is CSC(C)(C)CNC(C)Cc1ccco1. The molecule has 0 amide bonds. The Balaban J connectivity index is 2.28. The molecule has 1 aromatic heterocycles. The molecular formula is C12H21NOS. The second kappa shape index (κ2) is 5.61. The molecule has 1 unspecified atom stereocenters. The average molecular weight is 227 g/mol. The highest BCUT2D eigenvalue weighted by molar-refractivity contribution is 7.99. The summed E-state index contributed by atoms with van der Waals surface area (Å²) in [6, 6.07) is 4.42. The number of furan rings is 1. The zero-order chi connectivity index (χ0) is 11.3. The van der Waals surface area contributed by atoms with Gasteiger partial charge in [0.1, 0.15) is 5.76 Å². The summed E-state index contributed by atoms with van der Waals surface area (Å²) < 4.78 is 5.62. The molecule has 0 aromatic carbocycles. The number of hydrogen-bond acceptors (Lipinski definition) is 3. The summed E-state index contributed by atoms with van der Waals surface area (Å²) in [5.74, 6) is 1.05. The summed E-state index contributed by atoms with van der Waals surface area (Å²) in [7, 11) is 0. The van der Waals surface area contributed by atoms with Crippen molar-refractivity contribution in [1.82, 2.24) is 5.32 Å². The predicted octanol–water partition coefficient (Wildman–Crippen LogP) is 2.94. The molecule has 0 bridgehead atoms. The highest BCUT2D eigenvalue weighted by Gasteiger charge is 2.16. The minimum atomic E-state index is 0.303. The van der Waals surface area contributed by atoms with E-state index in [1.165, 1.54) is 0 Å². The van der Waals surface area contributed by atoms with Crippen molar-refractivity contribution in [2.75, 3.05) is 12.8 Å². The molecule has 0 spiro atoms. The molecule has 0 aliphatic carbocycles. The minimum Gasteiger partial charge on any atom is -0.469 e. The van der Waals surface area contributed by atoms with Crippen molar-refractivity contribution in [3.8, 4) is 0 Å². The molecule has 1 heterocycles. The second-order valence-electron chi connectivity index (χ2n) is 4.53. The van der Waals surface area contributed by atoms with Gasteiger partial charge in [0.05, 0.1) is 6.26 Å². The Morgan fingerprint density at radius 3 is 2.80 bits per heavy atom. The third-order valence-electron chi connectivity index (χ3n) is 2.52. The highest BCUT2D eigenvalue weighted by Crippen LogP contribution is 2.19. The first kappa shape index (κ1) is 12.7. The molecule has 1 N–H and O–H groups in total. The molecule has 0 radical (unpaired) electrons. The van der Waals surface area contributed by atoms with Gasteiger partial charge in [-0.25, -0.2) is 0 Å². The summed E-state index contributed by atoms with van der Waals surface area (Å²) in [5, 5.41) is 3.53. The Labute approximate surface area is 96.8 Å². The summed E-state index contributed by atoms with van der Waals surface area (Å²) in [6.45, 7) is 7.73. The topological polar surface area (TPSA) is 25.2 Å². The minimum absolute atomic E-state index is 0.303. The Hall–Kier alpha value is -0.410. The van der Waals surface area contributed by atoms with Crippen LogP contribution in [0.25, 0.3) is 0 Å². The Morgan fingerprint density at radius 2 is 2.27 bits per heavy atom. The Bertz CT molecular complexity index is 269. The van der Waals surface area contributed by atoms with E-state index in [1.54, 1.807) is 6.26 Å². The number of hydrogen-bond donors (Lipinski definition) is 1. The molecule has 0 aliphatic rings. The largest absolute Gasteiger partial charge is 0.469 e. The van der Waals surface area contributed by atoms with Crippen molar-refractivity contribution in [1.29, 1.82) is 0 Å². The zero-order valence-corrected chi connectivity index (χ0v) is 10.9. The van der Waals surface area contributed by atoms with E-state index in [-0.39, 0.29) is 0 Å². The standard InChI is InChI=1S/C12H21NOS/c1-10(8-11-6-5-7-14-11)13-9-12(2,3)15-4/h5-7,10,13H,8-9H2,1-4H3. The summed E-state index contributed by atoms with van der Waals surface area (Å²) in [5.41, 5.74) is 0. The molecule has 1 atom stereocenters. The fraction of sp³-hybridized carbons (Fsp3) is 0.667. The number of rotatable bonds is 6. The lowest BCUT2D eigenvalue weighted by atomic mass is 10.1. The molecule has 1 rings (SSSR count). The second-order valence-corrected chi connectivity index (χ2v) is 6.04. The van der Waals surface area contributed by atoms with Crippen LogP contribution >= 0.6 is 11.8 Å². The Morgan fingerprint density at radius 1 is 1.53 bits per heavy atom. The zero-order valence-electron chi connectivity index (χ0n) is 10.0. The van der Waals surface area contributed by atoms with Crippen molar-refractivity contribution >= 4 is 11.8 Å². The fourth-order valence-corrected chi connectivity index (χ4v) is 1.52. The van der Waals surface area contributed by atoms with Crippen LogP contribution in [0, 0.1) is 0 Å². The molecule has 3 heteroatoms. The van der Waals surface area contributed by atoms with Gasteiger partial charge < -0.3 is 9.73 Å². The quantitative estimate of drug-likeness (QED) is 0.809. The van der Waals surface area contributed by atoms with Gasteiger partial charge >= 0.3 is 0 Å². The van der Waals surface area contributed by atoms with Crippen LogP contribution in [-0.2, 0) is 6.42 Å². The lowest BCUT2D eigenvalue weighted by Crippen LogP contribution is -2.38. The molecule has 2 nitrogen and oxygen atoms in total.